The fourth-order valence-electron chi connectivity index (χ4n) is 1.24. The van der Waals surface area contributed by atoms with E-state index in [-0.39, 0.29) is 0 Å². The molecule has 0 aliphatic heterocycles. The van der Waals surface area contributed by atoms with Crippen molar-refractivity contribution in [3.63, 3.8) is 0 Å². The Hall–Kier alpha value is -1.61. The standard InChI is InChI=1S/C10H10N2O/c13-10(9-6-11-12-7-9)8-4-2-1-3-5-8/h1-7,10,13H,(H,11,12)/t10-/m1/s1. The van der Waals surface area contributed by atoms with Gasteiger partial charge in [-0.15, -0.1) is 0 Å². The van der Waals surface area contributed by atoms with E-state index in [9.17, 15) is 5.11 Å². The summed E-state index contributed by atoms with van der Waals surface area (Å²) in [5.41, 5.74) is 1.66. The van der Waals surface area contributed by atoms with Gasteiger partial charge in [0.05, 0.1) is 6.20 Å². The molecule has 66 valence electrons. The molecule has 13 heavy (non-hydrogen) atoms. The number of nitrogens with one attached hydrogen (secondary N) is 1. The quantitative estimate of drug-likeness (QED) is 0.724. The maximum Gasteiger partial charge on any atom is 0.107 e. The molecule has 0 amide bonds. The molecule has 1 aromatic heterocycles. The van der Waals surface area contributed by atoms with Crippen molar-refractivity contribution in [2.75, 3.05) is 0 Å². The summed E-state index contributed by atoms with van der Waals surface area (Å²) in [7, 11) is 0. The van der Waals surface area contributed by atoms with Gasteiger partial charge in [-0.05, 0) is 5.56 Å². The Kier molecular flexibility index (Phi) is 2.10. The van der Waals surface area contributed by atoms with E-state index in [0.717, 1.165) is 11.1 Å². The highest BCUT2D eigenvalue weighted by molar-refractivity contribution is 5.26. The number of aliphatic hydroxyl groups is 1. The predicted molar refractivity (Wildman–Crippen MR) is 49.1 cm³/mol. The van der Waals surface area contributed by atoms with Gasteiger partial charge >= 0.3 is 0 Å². The first-order valence-electron chi connectivity index (χ1n) is 4.09. The molecule has 1 heterocycles. The van der Waals surface area contributed by atoms with Crippen LogP contribution in [0.1, 0.15) is 17.2 Å². The van der Waals surface area contributed by atoms with Crippen molar-refractivity contribution >= 4 is 0 Å². The Morgan fingerprint density at radius 2 is 1.92 bits per heavy atom. The van der Waals surface area contributed by atoms with Crippen LogP contribution in [0.2, 0.25) is 0 Å². The molecule has 0 aliphatic rings. The first kappa shape index (κ1) is 8.01. The molecule has 3 nitrogen and oxygen atoms in total. The summed E-state index contributed by atoms with van der Waals surface area (Å²) in [6.45, 7) is 0. The normalized spacial score (nSPS) is 12.7. The Balaban J connectivity index is 2.29. The van der Waals surface area contributed by atoms with Gasteiger partial charge in [0, 0.05) is 11.8 Å². The summed E-state index contributed by atoms with van der Waals surface area (Å²) in [5, 5.41) is 16.3. The van der Waals surface area contributed by atoms with E-state index in [4.69, 9.17) is 0 Å². The molecule has 2 rings (SSSR count). The lowest BCUT2D eigenvalue weighted by atomic mass is 10.1. The van der Waals surface area contributed by atoms with Crippen LogP contribution in [0.25, 0.3) is 0 Å². The summed E-state index contributed by atoms with van der Waals surface area (Å²) in [6.07, 6.45) is 2.73. The maximum atomic E-state index is 9.82. The van der Waals surface area contributed by atoms with Crippen LogP contribution in [-0.4, -0.2) is 15.3 Å². The molecule has 1 atom stereocenters. The van der Waals surface area contributed by atoms with Crippen molar-refractivity contribution in [1.82, 2.24) is 10.2 Å². The number of rotatable bonds is 2. The van der Waals surface area contributed by atoms with Crippen molar-refractivity contribution in [3.8, 4) is 0 Å². The molecule has 0 aliphatic carbocycles. The number of hydrogen-bond acceptors (Lipinski definition) is 2. The van der Waals surface area contributed by atoms with Crippen LogP contribution in [-0.2, 0) is 0 Å². The van der Waals surface area contributed by atoms with Crippen LogP contribution in [0.5, 0.6) is 0 Å². The largest absolute Gasteiger partial charge is 0.384 e. The monoisotopic (exact) mass is 174 g/mol. The van der Waals surface area contributed by atoms with Crippen LogP contribution in [0.15, 0.2) is 42.7 Å². The smallest absolute Gasteiger partial charge is 0.107 e. The molecule has 3 heteroatoms. The van der Waals surface area contributed by atoms with Crippen molar-refractivity contribution in [2.45, 2.75) is 6.10 Å². The van der Waals surface area contributed by atoms with Gasteiger partial charge in [-0.25, -0.2) is 0 Å². The summed E-state index contributed by atoms with van der Waals surface area (Å²) in [4.78, 5) is 0. The molecule has 0 bridgehead atoms. The maximum absolute atomic E-state index is 9.82. The minimum atomic E-state index is -0.583. The second-order valence-electron chi connectivity index (χ2n) is 2.84. The highest BCUT2D eigenvalue weighted by Gasteiger charge is 2.09. The van der Waals surface area contributed by atoms with E-state index >= 15 is 0 Å². The van der Waals surface area contributed by atoms with Gasteiger partial charge in [0.2, 0.25) is 0 Å². The van der Waals surface area contributed by atoms with E-state index < -0.39 is 6.10 Å². The third kappa shape index (κ3) is 1.60. The topological polar surface area (TPSA) is 48.9 Å². The van der Waals surface area contributed by atoms with Gasteiger partial charge in [-0.3, -0.25) is 5.10 Å². The highest BCUT2D eigenvalue weighted by atomic mass is 16.3. The number of H-pyrrole nitrogens is 1. The molecule has 0 saturated carbocycles. The zero-order chi connectivity index (χ0) is 9.10. The van der Waals surface area contributed by atoms with Crippen molar-refractivity contribution in [3.05, 3.63) is 53.9 Å². The summed E-state index contributed by atoms with van der Waals surface area (Å²) >= 11 is 0. The highest BCUT2D eigenvalue weighted by Crippen LogP contribution is 2.19. The van der Waals surface area contributed by atoms with Crippen LogP contribution in [0.3, 0.4) is 0 Å². The molecule has 0 unspecified atom stereocenters. The minimum Gasteiger partial charge on any atom is -0.384 e. The lowest BCUT2D eigenvalue weighted by Gasteiger charge is -2.07. The van der Waals surface area contributed by atoms with Gasteiger partial charge < -0.3 is 5.11 Å². The third-order valence-electron chi connectivity index (χ3n) is 1.95. The fraction of sp³-hybridized carbons (Fsp3) is 0.100. The molecule has 0 saturated heterocycles. The van der Waals surface area contributed by atoms with Gasteiger partial charge in [0.15, 0.2) is 0 Å². The van der Waals surface area contributed by atoms with Crippen molar-refractivity contribution in [2.24, 2.45) is 0 Å². The zero-order valence-electron chi connectivity index (χ0n) is 7.01. The Morgan fingerprint density at radius 1 is 1.15 bits per heavy atom. The van der Waals surface area contributed by atoms with E-state index in [1.165, 1.54) is 0 Å². The zero-order valence-corrected chi connectivity index (χ0v) is 7.01. The number of nitrogens with zero attached hydrogens (tertiary/aromatic N) is 1. The molecule has 1 aromatic carbocycles. The molecule has 0 radical (unpaired) electrons. The molecule has 2 N–H and O–H groups in total. The summed E-state index contributed by atoms with van der Waals surface area (Å²) in [5.74, 6) is 0. The van der Waals surface area contributed by atoms with Crippen LogP contribution in [0, 0.1) is 0 Å². The average molecular weight is 174 g/mol. The second kappa shape index (κ2) is 3.41. The van der Waals surface area contributed by atoms with Crippen LogP contribution < -0.4 is 0 Å². The van der Waals surface area contributed by atoms with E-state index in [1.54, 1.807) is 12.4 Å². The molecule has 0 fully saturated rings. The number of benzene rings is 1. The summed E-state index contributed by atoms with van der Waals surface area (Å²) in [6, 6.07) is 9.50. The first-order valence-corrected chi connectivity index (χ1v) is 4.09. The van der Waals surface area contributed by atoms with Crippen molar-refractivity contribution in [1.29, 1.82) is 0 Å². The van der Waals surface area contributed by atoms with E-state index in [0.29, 0.717) is 0 Å². The number of hydrogen-bond donors (Lipinski definition) is 2. The fourth-order valence-corrected chi connectivity index (χ4v) is 1.24. The van der Waals surface area contributed by atoms with E-state index in [2.05, 4.69) is 10.2 Å². The van der Waals surface area contributed by atoms with Gasteiger partial charge in [0.1, 0.15) is 6.10 Å². The number of aromatic amines is 1. The Morgan fingerprint density at radius 3 is 2.54 bits per heavy atom. The predicted octanol–water partition coefficient (Wildman–Crippen LogP) is 1.49. The minimum absolute atomic E-state index is 0.583. The lowest BCUT2D eigenvalue weighted by molar-refractivity contribution is 0.220. The number of aliphatic hydroxyl groups excluding tert-OH is 1. The van der Waals surface area contributed by atoms with Gasteiger partial charge in [0.25, 0.3) is 0 Å². The molecule has 0 spiro atoms. The summed E-state index contributed by atoms with van der Waals surface area (Å²) < 4.78 is 0. The number of aromatic nitrogens is 2. The van der Waals surface area contributed by atoms with E-state index in [1.807, 2.05) is 30.3 Å². The average Bonchev–Trinajstić information content (AvgIpc) is 2.71. The molecular weight excluding hydrogens is 164 g/mol. The Labute approximate surface area is 76.0 Å². The van der Waals surface area contributed by atoms with Gasteiger partial charge in [-0.1, -0.05) is 30.3 Å². The van der Waals surface area contributed by atoms with Crippen molar-refractivity contribution < 1.29 is 5.11 Å². The van der Waals surface area contributed by atoms with Gasteiger partial charge in [-0.2, -0.15) is 5.10 Å². The molecule has 2 aromatic rings. The van der Waals surface area contributed by atoms with Crippen LogP contribution in [0.4, 0.5) is 0 Å². The second-order valence-corrected chi connectivity index (χ2v) is 2.84. The third-order valence-corrected chi connectivity index (χ3v) is 1.95. The molecular formula is C10H10N2O. The SMILES string of the molecule is O[C@H](c1ccccc1)c1cn[nH]c1. The first-order chi connectivity index (χ1) is 6.38. The Bertz CT molecular complexity index is 356. The lowest BCUT2D eigenvalue weighted by Crippen LogP contribution is -1.96. The van der Waals surface area contributed by atoms with Crippen LogP contribution >= 0.6 is 0 Å².